The number of aliphatic hydroxyl groups excluding tert-OH is 1. The summed E-state index contributed by atoms with van der Waals surface area (Å²) in [7, 11) is 0. The van der Waals surface area contributed by atoms with Crippen molar-refractivity contribution in [1.82, 2.24) is 21.3 Å². The molecule has 0 saturated carbocycles. The molecule has 1 rings (SSSR count). The van der Waals surface area contributed by atoms with E-state index in [0.717, 1.165) is 13.0 Å². The van der Waals surface area contributed by atoms with Crippen LogP contribution < -0.4 is 27.0 Å². The predicted molar refractivity (Wildman–Crippen MR) is 109 cm³/mol. The summed E-state index contributed by atoms with van der Waals surface area (Å²) in [6.45, 7) is 3.93. The van der Waals surface area contributed by atoms with Gasteiger partial charge in [0.05, 0.1) is 12.6 Å². The zero-order chi connectivity index (χ0) is 22.7. The van der Waals surface area contributed by atoms with Crippen LogP contribution in [0.2, 0.25) is 0 Å². The molecule has 0 aromatic rings. The zero-order valence-corrected chi connectivity index (χ0v) is 17.6. The molecular weight excluding hydrogens is 394 g/mol. The zero-order valence-electron chi connectivity index (χ0n) is 17.6. The molecule has 4 unspecified atom stereocenters. The maximum Gasteiger partial charge on any atom is 0.326 e. The second-order valence-corrected chi connectivity index (χ2v) is 7.81. The molecule has 0 bridgehead atoms. The number of nitrogens with one attached hydrogen (secondary N) is 4. The molecule has 0 spiro atoms. The van der Waals surface area contributed by atoms with E-state index < -0.39 is 42.5 Å². The number of carbonyl (C=O) groups excluding carboxylic acids is 3. The number of amides is 3. The number of aliphatic carboxylic acids is 1. The fourth-order valence-electron chi connectivity index (χ4n) is 3.18. The van der Waals surface area contributed by atoms with Crippen LogP contribution in [0.1, 0.15) is 46.0 Å². The third-order valence-electron chi connectivity index (χ3n) is 5.00. The third-order valence-corrected chi connectivity index (χ3v) is 5.00. The second kappa shape index (κ2) is 13.1. The Morgan fingerprint density at radius 2 is 1.73 bits per heavy atom. The molecule has 30 heavy (non-hydrogen) atoms. The molecule has 0 aliphatic carbocycles. The Hall–Kier alpha value is -2.24. The van der Waals surface area contributed by atoms with Crippen LogP contribution in [-0.2, 0) is 19.2 Å². The fourth-order valence-corrected chi connectivity index (χ4v) is 3.18. The maximum atomic E-state index is 12.7. The fraction of sp³-hybridized carbons (Fsp3) is 0.789. The molecule has 0 aromatic carbocycles. The van der Waals surface area contributed by atoms with Crippen molar-refractivity contribution in [1.29, 1.82) is 0 Å². The van der Waals surface area contributed by atoms with E-state index >= 15 is 0 Å². The predicted octanol–water partition coefficient (Wildman–Crippen LogP) is -1.95. The van der Waals surface area contributed by atoms with Crippen LogP contribution in [0.25, 0.3) is 0 Å². The van der Waals surface area contributed by atoms with Crippen LogP contribution in [0.15, 0.2) is 0 Å². The Balaban J connectivity index is 2.71. The quantitative estimate of drug-likeness (QED) is 0.165. The molecular formula is C19H35N5O6. The van der Waals surface area contributed by atoms with Gasteiger partial charge < -0.3 is 37.2 Å². The molecule has 3 amide bonds. The minimum atomic E-state index is -1.34. The highest BCUT2D eigenvalue weighted by atomic mass is 16.4. The summed E-state index contributed by atoms with van der Waals surface area (Å²) in [5, 5.41) is 29.3. The lowest BCUT2D eigenvalue weighted by Gasteiger charge is -2.26. The van der Waals surface area contributed by atoms with Crippen LogP contribution in [0, 0.1) is 5.92 Å². The SMILES string of the molecule is CC(C)C(NC(=O)C1CCCN1)C(=O)NC(CO)C(=O)NC(CCCCN)C(=O)O. The molecule has 11 heteroatoms. The van der Waals surface area contributed by atoms with Crippen molar-refractivity contribution < 1.29 is 29.4 Å². The van der Waals surface area contributed by atoms with Crippen molar-refractivity contribution in [2.24, 2.45) is 11.7 Å². The highest BCUT2D eigenvalue weighted by molar-refractivity contribution is 5.94. The van der Waals surface area contributed by atoms with Gasteiger partial charge in [0, 0.05) is 0 Å². The van der Waals surface area contributed by atoms with Gasteiger partial charge in [-0.3, -0.25) is 14.4 Å². The van der Waals surface area contributed by atoms with Gasteiger partial charge >= 0.3 is 5.97 Å². The average Bonchev–Trinajstić information content (AvgIpc) is 3.23. The van der Waals surface area contributed by atoms with E-state index in [4.69, 9.17) is 5.73 Å². The first kappa shape index (κ1) is 25.8. The summed E-state index contributed by atoms with van der Waals surface area (Å²) in [5.74, 6) is -3.20. The lowest BCUT2D eigenvalue weighted by molar-refractivity contribution is -0.143. The summed E-state index contributed by atoms with van der Waals surface area (Å²) >= 11 is 0. The summed E-state index contributed by atoms with van der Waals surface area (Å²) in [6, 6.07) is -3.75. The number of rotatable bonds is 13. The van der Waals surface area contributed by atoms with E-state index in [2.05, 4.69) is 21.3 Å². The molecule has 1 aliphatic rings. The first-order valence-corrected chi connectivity index (χ1v) is 10.4. The Labute approximate surface area is 176 Å². The number of carboxylic acid groups (broad SMARTS) is 1. The summed E-state index contributed by atoms with van der Waals surface area (Å²) in [6.07, 6.45) is 2.87. The van der Waals surface area contributed by atoms with Gasteiger partial charge in [-0.05, 0) is 51.1 Å². The Morgan fingerprint density at radius 1 is 1.07 bits per heavy atom. The van der Waals surface area contributed by atoms with Crippen molar-refractivity contribution >= 4 is 23.7 Å². The highest BCUT2D eigenvalue weighted by Crippen LogP contribution is 2.08. The molecule has 172 valence electrons. The number of carboxylic acids is 1. The molecule has 1 heterocycles. The molecule has 11 nitrogen and oxygen atoms in total. The van der Waals surface area contributed by atoms with E-state index in [0.29, 0.717) is 25.8 Å². The smallest absolute Gasteiger partial charge is 0.326 e. The molecule has 0 aromatic heterocycles. The van der Waals surface area contributed by atoms with Crippen LogP contribution in [0.3, 0.4) is 0 Å². The van der Waals surface area contributed by atoms with Crippen molar-refractivity contribution in [3.05, 3.63) is 0 Å². The first-order chi connectivity index (χ1) is 14.2. The van der Waals surface area contributed by atoms with Gasteiger partial charge in [-0.2, -0.15) is 0 Å². The van der Waals surface area contributed by atoms with Gasteiger partial charge in [-0.25, -0.2) is 4.79 Å². The first-order valence-electron chi connectivity index (χ1n) is 10.4. The number of nitrogens with two attached hydrogens (primary N) is 1. The molecule has 0 radical (unpaired) electrons. The molecule has 4 atom stereocenters. The maximum absolute atomic E-state index is 12.7. The van der Waals surface area contributed by atoms with Crippen LogP contribution >= 0.6 is 0 Å². The van der Waals surface area contributed by atoms with E-state index in [-0.39, 0.29) is 24.3 Å². The molecule has 1 fully saturated rings. The minimum absolute atomic E-state index is 0.184. The summed E-state index contributed by atoms with van der Waals surface area (Å²) < 4.78 is 0. The van der Waals surface area contributed by atoms with E-state index in [9.17, 15) is 29.4 Å². The number of unbranched alkanes of at least 4 members (excludes halogenated alkanes) is 1. The normalized spacial score (nSPS) is 19.0. The van der Waals surface area contributed by atoms with Gasteiger partial charge in [0.25, 0.3) is 0 Å². The van der Waals surface area contributed by atoms with E-state index in [1.807, 2.05) is 0 Å². The second-order valence-electron chi connectivity index (χ2n) is 7.81. The Kier molecular flexibility index (Phi) is 11.3. The minimum Gasteiger partial charge on any atom is -0.480 e. The van der Waals surface area contributed by atoms with Crippen molar-refractivity contribution in [3.63, 3.8) is 0 Å². The Morgan fingerprint density at radius 3 is 2.23 bits per heavy atom. The Bertz CT molecular complexity index is 594. The van der Waals surface area contributed by atoms with E-state index in [1.165, 1.54) is 0 Å². The monoisotopic (exact) mass is 429 g/mol. The van der Waals surface area contributed by atoms with Crippen LogP contribution in [-0.4, -0.2) is 77.8 Å². The summed E-state index contributed by atoms with van der Waals surface area (Å²) in [4.78, 5) is 48.8. The van der Waals surface area contributed by atoms with E-state index in [1.54, 1.807) is 13.8 Å². The van der Waals surface area contributed by atoms with Crippen LogP contribution in [0.4, 0.5) is 0 Å². The van der Waals surface area contributed by atoms with Gasteiger partial charge in [0.15, 0.2) is 0 Å². The van der Waals surface area contributed by atoms with Gasteiger partial charge in [-0.1, -0.05) is 13.8 Å². The van der Waals surface area contributed by atoms with Crippen LogP contribution in [0.5, 0.6) is 0 Å². The topological polar surface area (TPSA) is 183 Å². The number of carbonyl (C=O) groups is 4. The molecule has 8 N–H and O–H groups in total. The van der Waals surface area contributed by atoms with Gasteiger partial charge in [0.2, 0.25) is 17.7 Å². The van der Waals surface area contributed by atoms with Gasteiger partial charge in [0.1, 0.15) is 18.1 Å². The lowest BCUT2D eigenvalue weighted by Crippen LogP contribution is -2.59. The summed E-state index contributed by atoms with van der Waals surface area (Å²) in [5.41, 5.74) is 5.39. The number of hydrogen-bond acceptors (Lipinski definition) is 7. The van der Waals surface area contributed by atoms with Crippen molar-refractivity contribution in [2.45, 2.75) is 70.1 Å². The van der Waals surface area contributed by atoms with Crippen molar-refractivity contribution in [2.75, 3.05) is 19.7 Å². The van der Waals surface area contributed by atoms with Gasteiger partial charge in [-0.15, -0.1) is 0 Å². The standard InChI is InChI=1S/C19H35N5O6/c1-11(2)15(24-16(26)12-7-5-9-21-12)18(28)23-14(10-25)17(27)22-13(19(29)30)6-3-4-8-20/h11-15,21,25H,3-10,20H2,1-2H3,(H,22,27)(H,23,28)(H,24,26)(H,29,30). The number of hydrogen-bond donors (Lipinski definition) is 7. The average molecular weight is 430 g/mol. The lowest BCUT2D eigenvalue weighted by atomic mass is 10.0. The largest absolute Gasteiger partial charge is 0.480 e. The third kappa shape index (κ3) is 8.25. The number of aliphatic hydroxyl groups is 1. The van der Waals surface area contributed by atoms with Crippen molar-refractivity contribution in [3.8, 4) is 0 Å². The molecule has 1 saturated heterocycles. The molecule has 1 aliphatic heterocycles. The highest BCUT2D eigenvalue weighted by Gasteiger charge is 2.32.